The monoisotopic (exact) mass is 310 g/mol. The Balaban J connectivity index is 3.36. The van der Waals surface area contributed by atoms with Crippen LogP contribution in [0.5, 0.6) is 11.5 Å². The van der Waals surface area contributed by atoms with E-state index in [0.717, 1.165) is 11.5 Å². The van der Waals surface area contributed by atoms with Crippen LogP contribution in [0.2, 0.25) is 0 Å². The Kier molecular flexibility index (Phi) is 6.11. The van der Waals surface area contributed by atoms with Gasteiger partial charge in [-0.25, -0.2) is 0 Å². The maximum absolute atomic E-state index is 5.74. The second-order valence-corrected chi connectivity index (χ2v) is 11.1. The van der Waals surface area contributed by atoms with E-state index >= 15 is 0 Å². The zero-order valence-electron chi connectivity index (χ0n) is 14.9. The van der Waals surface area contributed by atoms with E-state index in [2.05, 4.69) is 53.7 Å². The fourth-order valence-corrected chi connectivity index (χ4v) is 7.04. The van der Waals surface area contributed by atoms with Crippen molar-refractivity contribution in [2.24, 2.45) is 0 Å². The Bertz CT molecular complexity index is 417. The highest BCUT2D eigenvalue weighted by Crippen LogP contribution is 2.58. The fourth-order valence-electron chi connectivity index (χ4n) is 2.97. The highest BCUT2D eigenvalue weighted by Gasteiger charge is 2.36. The van der Waals surface area contributed by atoms with Gasteiger partial charge in [-0.1, -0.05) is 49.5 Å². The quantitative estimate of drug-likeness (QED) is 0.697. The van der Waals surface area contributed by atoms with E-state index in [0.29, 0.717) is 13.2 Å². The first-order valence-corrected chi connectivity index (χ1v) is 9.14. The summed E-state index contributed by atoms with van der Waals surface area (Å²) in [5.41, 5.74) is 0. The molecule has 0 aromatic heterocycles. The minimum atomic E-state index is -0.352. The van der Waals surface area contributed by atoms with Gasteiger partial charge in [-0.15, -0.1) is 0 Å². The predicted octanol–water partition coefficient (Wildman–Crippen LogP) is 5.19. The predicted molar refractivity (Wildman–Crippen MR) is 94.8 cm³/mol. The molecule has 21 heavy (non-hydrogen) atoms. The summed E-state index contributed by atoms with van der Waals surface area (Å²) < 4.78 is 11.5. The lowest BCUT2D eigenvalue weighted by atomic mass is 10.2. The van der Waals surface area contributed by atoms with Gasteiger partial charge in [-0.2, -0.15) is 0 Å². The van der Waals surface area contributed by atoms with Crippen LogP contribution in [0, 0.1) is 0 Å². The maximum Gasteiger partial charge on any atom is 0.123 e. The first kappa shape index (κ1) is 18.3. The second kappa shape index (κ2) is 7.01. The average molecular weight is 310 g/mol. The Morgan fingerprint density at radius 3 is 1.43 bits per heavy atom. The van der Waals surface area contributed by atoms with Crippen molar-refractivity contribution in [1.29, 1.82) is 0 Å². The largest absolute Gasteiger partial charge is 0.494 e. The van der Waals surface area contributed by atoms with E-state index in [1.165, 1.54) is 5.30 Å². The molecule has 0 bridgehead atoms. The van der Waals surface area contributed by atoms with Crippen LogP contribution >= 0.6 is 7.92 Å². The van der Waals surface area contributed by atoms with Gasteiger partial charge in [0.05, 0.1) is 13.2 Å². The molecule has 2 nitrogen and oxygen atoms in total. The van der Waals surface area contributed by atoms with E-state index in [9.17, 15) is 0 Å². The first-order valence-electron chi connectivity index (χ1n) is 7.80. The normalized spacial score (nSPS) is 12.6. The van der Waals surface area contributed by atoms with Crippen molar-refractivity contribution < 1.29 is 9.47 Å². The highest BCUT2D eigenvalue weighted by atomic mass is 31.1. The number of rotatable bonds is 5. The molecule has 0 aliphatic carbocycles. The Morgan fingerprint density at radius 1 is 0.762 bits per heavy atom. The van der Waals surface area contributed by atoms with Crippen molar-refractivity contribution in [2.75, 3.05) is 13.2 Å². The molecule has 1 rings (SSSR count). The van der Waals surface area contributed by atoms with Crippen molar-refractivity contribution in [3.05, 3.63) is 18.2 Å². The molecular weight excluding hydrogens is 279 g/mol. The van der Waals surface area contributed by atoms with Gasteiger partial charge in [0, 0.05) is 6.07 Å². The van der Waals surface area contributed by atoms with Crippen molar-refractivity contribution >= 4 is 13.2 Å². The number of hydrogen-bond acceptors (Lipinski definition) is 2. The van der Waals surface area contributed by atoms with Crippen molar-refractivity contribution in [3.8, 4) is 11.5 Å². The molecule has 120 valence electrons. The third kappa shape index (κ3) is 5.18. The van der Waals surface area contributed by atoms with Crippen LogP contribution in [-0.2, 0) is 0 Å². The van der Waals surface area contributed by atoms with Gasteiger partial charge in [0.25, 0.3) is 0 Å². The van der Waals surface area contributed by atoms with Crippen LogP contribution in [0.3, 0.4) is 0 Å². The van der Waals surface area contributed by atoms with Crippen LogP contribution in [0.1, 0.15) is 55.4 Å². The molecule has 0 radical (unpaired) electrons. The summed E-state index contributed by atoms with van der Waals surface area (Å²) in [7, 11) is -0.352. The summed E-state index contributed by atoms with van der Waals surface area (Å²) in [6, 6.07) is 6.40. The second-order valence-electron chi connectivity index (χ2n) is 7.21. The number of benzene rings is 1. The van der Waals surface area contributed by atoms with Gasteiger partial charge in [-0.05, 0) is 41.6 Å². The summed E-state index contributed by atoms with van der Waals surface area (Å²) in [5.74, 6) is 1.83. The SMILES string of the molecule is CCOc1cc(OCC)cc(P(C(C)(C)C)C(C)(C)C)c1. The standard InChI is InChI=1S/C18H31O2P/c1-9-19-14-11-15(20-10-2)13-16(12-14)21(17(3,4)5)18(6,7)8/h11-13H,9-10H2,1-8H3. The number of ether oxygens (including phenoxy) is 2. The molecule has 0 aliphatic rings. The summed E-state index contributed by atoms with van der Waals surface area (Å²) >= 11 is 0. The van der Waals surface area contributed by atoms with E-state index in [1.807, 2.05) is 19.9 Å². The molecule has 0 amide bonds. The third-order valence-electron chi connectivity index (χ3n) is 3.09. The van der Waals surface area contributed by atoms with Crippen LogP contribution in [-0.4, -0.2) is 23.5 Å². The molecule has 0 N–H and O–H groups in total. The van der Waals surface area contributed by atoms with Gasteiger partial charge in [0.15, 0.2) is 0 Å². The summed E-state index contributed by atoms with van der Waals surface area (Å²) in [5, 5.41) is 1.84. The molecule has 0 spiro atoms. The minimum absolute atomic E-state index is 0.238. The van der Waals surface area contributed by atoms with Gasteiger partial charge in [-0.3, -0.25) is 0 Å². The summed E-state index contributed by atoms with van der Waals surface area (Å²) in [4.78, 5) is 0. The van der Waals surface area contributed by atoms with E-state index in [-0.39, 0.29) is 18.2 Å². The lowest BCUT2D eigenvalue weighted by Gasteiger charge is -2.42. The van der Waals surface area contributed by atoms with E-state index in [4.69, 9.17) is 9.47 Å². The van der Waals surface area contributed by atoms with Gasteiger partial charge < -0.3 is 9.47 Å². The van der Waals surface area contributed by atoms with E-state index in [1.54, 1.807) is 0 Å². The molecular formula is C18H31O2P. The zero-order chi connectivity index (χ0) is 16.3. The Labute approximate surface area is 132 Å². The topological polar surface area (TPSA) is 18.5 Å². The van der Waals surface area contributed by atoms with Gasteiger partial charge in [0.1, 0.15) is 11.5 Å². The molecule has 0 fully saturated rings. The third-order valence-corrected chi connectivity index (χ3v) is 6.54. The summed E-state index contributed by atoms with van der Waals surface area (Å²) in [6.45, 7) is 19.4. The Morgan fingerprint density at radius 2 is 1.14 bits per heavy atom. The maximum atomic E-state index is 5.74. The van der Waals surface area contributed by atoms with Crippen LogP contribution in [0.25, 0.3) is 0 Å². The van der Waals surface area contributed by atoms with Crippen molar-refractivity contribution in [2.45, 2.75) is 65.7 Å². The van der Waals surface area contributed by atoms with Crippen molar-refractivity contribution in [1.82, 2.24) is 0 Å². The smallest absolute Gasteiger partial charge is 0.123 e. The van der Waals surface area contributed by atoms with Crippen LogP contribution in [0.15, 0.2) is 18.2 Å². The Hall–Kier alpha value is -0.750. The first-order chi connectivity index (χ1) is 9.59. The van der Waals surface area contributed by atoms with Crippen molar-refractivity contribution in [3.63, 3.8) is 0 Å². The molecule has 0 saturated heterocycles. The molecule has 1 aromatic carbocycles. The lowest BCUT2D eigenvalue weighted by molar-refractivity contribution is 0.323. The van der Waals surface area contributed by atoms with Gasteiger partial charge in [0.2, 0.25) is 0 Å². The lowest BCUT2D eigenvalue weighted by Crippen LogP contribution is -2.31. The molecule has 0 unspecified atom stereocenters. The molecule has 0 saturated carbocycles. The fraction of sp³-hybridized carbons (Fsp3) is 0.667. The summed E-state index contributed by atoms with van der Waals surface area (Å²) in [6.07, 6.45) is 0. The molecule has 0 atom stereocenters. The molecule has 0 aliphatic heterocycles. The van der Waals surface area contributed by atoms with Gasteiger partial charge >= 0.3 is 0 Å². The molecule has 3 heteroatoms. The molecule has 1 aromatic rings. The van der Waals surface area contributed by atoms with Crippen LogP contribution < -0.4 is 14.8 Å². The highest BCUT2D eigenvalue weighted by molar-refractivity contribution is 7.68. The zero-order valence-corrected chi connectivity index (χ0v) is 15.8. The van der Waals surface area contributed by atoms with Crippen LogP contribution in [0.4, 0.5) is 0 Å². The average Bonchev–Trinajstić information content (AvgIpc) is 2.25. The van der Waals surface area contributed by atoms with E-state index < -0.39 is 0 Å². The molecule has 0 heterocycles. The number of hydrogen-bond donors (Lipinski definition) is 0. The minimum Gasteiger partial charge on any atom is -0.494 e.